The maximum Gasteiger partial charge on any atom is 0.488 e. The van der Waals surface area contributed by atoms with Crippen molar-refractivity contribution in [3.63, 3.8) is 0 Å². The number of carbonyl (C=O) groups excluding carboxylic acids is 2. The molecular formula is C12H13BClNO6. The monoisotopic (exact) mass is 313 g/mol. The minimum absolute atomic E-state index is 0.157. The van der Waals surface area contributed by atoms with Crippen molar-refractivity contribution in [3.05, 3.63) is 35.0 Å². The van der Waals surface area contributed by atoms with Gasteiger partial charge >= 0.3 is 19.1 Å². The predicted molar refractivity (Wildman–Crippen MR) is 77.0 cm³/mol. The highest BCUT2D eigenvalue weighted by Gasteiger charge is 2.17. The Morgan fingerprint density at radius 3 is 2.48 bits per heavy atom. The molecule has 0 aliphatic carbocycles. The summed E-state index contributed by atoms with van der Waals surface area (Å²) in [5.41, 5.74) is 0.142. The SMILES string of the molecule is COC(=O)/C=C(/Nc1cc(B(O)O)ccc1Cl)C(=O)OC. The number of benzene rings is 1. The molecule has 0 saturated carbocycles. The van der Waals surface area contributed by atoms with Crippen LogP contribution < -0.4 is 10.8 Å². The van der Waals surface area contributed by atoms with E-state index in [4.69, 9.17) is 21.6 Å². The molecule has 0 spiro atoms. The number of ether oxygens (including phenoxy) is 2. The van der Waals surface area contributed by atoms with Crippen molar-refractivity contribution in [2.75, 3.05) is 19.5 Å². The molecule has 3 N–H and O–H groups in total. The Morgan fingerprint density at radius 2 is 1.95 bits per heavy atom. The van der Waals surface area contributed by atoms with Gasteiger partial charge in [0.15, 0.2) is 0 Å². The third-order valence-corrected chi connectivity index (χ3v) is 2.76. The minimum atomic E-state index is -1.70. The molecule has 21 heavy (non-hydrogen) atoms. The summed E-state index contributed by atoms with van der Waals surface area (Å²) in [7, 11) is 0.600. The van der Waals surface area contributed by atoms with Gasteiger partial charge in [-0.25, -0.2) is 9.59 Å². The number of halogens is 1. The van der Waals surface area contributed by atoms with Crippen LogP contribution in [0.5, 0.6) is 0 Å². The van der Waals surface area contributed by atoms with Gasteiger partial charge in [0.25, 0.3) is 0 Å². The second-order valence-electron chi connectivity index (χ2n) is 3.81. The number of anilines is 1. The van der Waals surface area contributed by atoms with E-state index in [1.54, 1.807) is 0 Å². The van der Waals surface area contributed by atoms with E-state index in [1.165, 1.54) is 18.2 Å². The molecule has 0 amide bonds. The van der Waals surface area contributed by atoms with Gasteiger partial charge in [0.05, 0.1) is 31.0 Å². The Hall–Kier alpha value is -2.03. The Labute approximate surface area is 126 Å². The third-order valence-electron chi connectivity index (χ3n) is 2.43. The minimum Gasteiger partial charge on any atom is -0.466 e. The highest BCUT2D eigenvalue weighted by atomic mass is 35.5. The zero-order chi connectivity index (χ0) is 16.0. The second kappa shape index (κ2) is 7.68. The molecule has 7 nitrogen and oxygen atoms in total. The maximum absolute atomic E-state index is 11.6. The lowest BCUT2D eigenvalue weighted by Gasteiger charge is -2.12. The highest BCUT2D eigenvalue weighted by Crippen LogP contribution is 2.21. The van der Waals surface area contributed by atoms with Crippen LogP contribution in [0.25, 0.3) is 0 Å². The standard InChI is InChI=1S/C12H13BClNO6/c1-20-11(16)6-10(12(17)21-2)15-9-5-7(13(18)19)3-4-8(9)14/h3-6,15,18-19H,1-2H3/b10-6+. The molecule has 0 atom stereocenters. The zero-order valence-corrected chi connectivity index (χ0v) is 12.0. The summed E-state index contributed by atoms with van der Waals surface area (Å²) in [4.78, 5) is 22.8. The summed E-state index contributed by atoms with van der Waals surface area (Å²) >= 11 is 5.94. The van der Waals surface area contributed by atoms with Crippen LogP contribution in [0.15, 0.2) is 30.0 Å². The van der Waals surface area contributed by atoms with Crippen LogP contribution in [-0.2, 0) is 19.1 Å². The Balaban J connectivity index is 3.14. The van der Waals surface area contributed by atoms with E-state index < -0.39 is 19.1 Å². The summed E-state index contributed by atoms with van der Waals surface area (Å²) in [6.07, 6.45) is 0.893. The van der Waals surface area contributed by atoms with Crippen molar-refractivity contribution in [1.29, 1.82) is 0 Å². The summed E-state index contributed by atoms with van der Waals surface area (Å²) in [6.45, 7) is 0. The van der Waals surface area contributed by atoms with Crippen LogP contribution in [0, 0.1) is 0 Å². The summed E-state index contributed by atoms with van der Waals surface area (Å²) in [6, 6.07) is 4.13. The van der Waals surface area contributed by atoms with E-state index >= 15 is 0 Å². The Kier molecular flexibility index (Phi) is 6.22. The van der Waals surface area contributed by atoms with Gasteiger partial charge in [-0.3, -0.25) is 0 Å². The molecule has 0 fully saturated rings. The topological polar surface area (TPSA) is 105 Å². The number of rotatable bonds is 5. The van der Waals surface area contributed by atoms with Crippen LogP contribution in [0.2, 0.25) is 5.02 Å². The number of hydrogen-bond acceptors (Lipinski definition) is 7. The molecule has 0 heterocycles. The average molecular weight is 314 g/mol. The van der Waals surface area contributed by atoms with Gasteiger partial charge in [0, 0.05) is 0 Å². The van der Waals surface area contributed by atoms with E-state index in [0.717, 1.165) is 20.3 Å². The van der Waals surface area contributed by atoms with Crippen molar-refractivity contribution < 1.29 is 29.1 Å². The molecule has 1 rings (SSSR count). The number of esters is 2. The van der Waals surface area contributed by atoms with E-state index in [9.17, 15) is 9.59 Å². The molecule has 1 aromatic carbocycles. The first-order valence-electron chi connectivity index (χ1n) is 5.69. The Bertz CT molecular complexity index is 575. The predicted octanol–water partition coefficient (Wildman–Crippen LogP) is -0.338. The molecule has 0 aromatic heterocycles. The molecule has 0 aliphatic rings. The molecule has 0 aliphatic heterocycles. The largest absolute Gasteiger partial charge is 0.488 e. The van der Waals surface area contributed by atoms with Gasteiger partial charge in [-0.2, -0.15) is 0 Å². The first-order chi connectivity index (χ1) is 9.88. The normalized spacial score (nSPS) is 10.8. The molecule has 112 valence electrons. The number of hydrogen-bond donors (Lipinski definition) is 3. The fourth-order valence-corrected chi connectivity index (χ4v) is 1.54. The van der Waals surface area contributed by atoms with E-state index in [0.29, 0.717) is 0 Å². The van der Waals surface area contributed by atoms with Crippen molar-refractivity contribution in [3.8, 4) is 0 Å². The van der Waals surface area contributed by atoms with Gasteiger partial charge in [0.2, 0.25) is 0 Å². The summed E-state index contributed by atoms with van der Waals surface area (Å²) < 4.78 is 8.96. The van der Waals surface area contributed by atoms with Gasteiger partial charge in [-0.05, 0) is 17.6 Å². The average Bonchev–Trinajstić information content (AvgIpc) is 2.47. The molecule has 0 bridgehead atoms. The summed E-state index contributed by atoms with van der Waals surface area (Å²) in [5.74, 6) is -1.58. The first-order valence-corrected chi connectivity index (χ1v) is 6.07. The highest BCUT2D eigenvalue weighted by molar-refractivity contribution is 6.58. The number of carbonyl (C=O) groups is 2. The van der Waals surface area contributed by atoms with Crippen LogP contribution in [0.4, 0.5) is 5.69 Å². The van der Waals surface area contributed by atoms with E-state index in [-0.39, 0.29) is 21.9 Å². The van der Waals surface area contributed by atoms with Crippen molar-refractivity contribution in [2.24, 2.45) is 0 Å². The van der Waals surface area contributed by atoms with Crippen molar-refractivity contribution >= 4 is 41.8 Å². The first kappa shape index (κ1) is 17.0. The smallest absolute Gasteiger partial charge is 0.466 e. The van der Waals surface area contributed by atoms with Crippen LogP contribution >= 0.6 is 11.6 Å². The van der Waals surface area contributed by atoms with Gasteiger partial charge in [-0.15, -0.1) is 0 Å². The molecule has 0 radical (unpaired) electrons. The van der Waals surface area contributed by atoms with E-state index in [1.807, 2.05) is 0 Å². The molecule has 9 heteroatoms. The second-order valence-corrected chi connectivity index (χ2v) is 4.22. The zero-order valence-electron chi connectivity index (χ0n) is 11.3. The molecule has 0 saturated heterocycles. The quantitative estimate of drug-likeness (QED) is 0.388. The number of methoxy groups -OCH3 is 2. The van der Waals surface area contributed by atoms with E-state index in [2.05, 4.69) is 14.8 Å². The van der Waals surface area contributed by atoms with Crippen molar-refractivity contribution in [1.82, 2.24) is 0 Å². The molecule has 1 aromatic rings. The van der Waals surface area contributed by atoms with Crippen molar-refractivity contribution in [2.45, 2.75) is 0 Å². The van der Waals surface area contributed by atoms with Crippen LogP contribution in [0.1, 0.15) is 0 Å². The lowest BCUT2D eigenvalue weighted by molar-refractivity contribution is -0.138. The molecular weight excluding hydrogens is 300 g/mol. The van der Waals surface area contributed by atoms with Crippen LogP contribution in [0.3, 0.4) is 0 Å². The van der Waals surface area contributed by atoms with Gasteiger partial charge < -0.3 is 24.8 Å². The van der Waals surface area contributed by atoms with Gasteiger partial charge in [0.1, 0.15) is 5.70 Å². The Morgan fingerprint density at radius 1 is 1.29 bits per heavy atom. The maximum atomic E-state index is 11.6. The fourth-order valence-electron chi connectivity index (χ4n) is 1.38. The fraction of sp³-hybridized carbons (Fsp3) is 0.167. The third kappa shape index (κ3) is 4.78. The lowest BCUT2D eigenvalue weighted by Crippen LogP contribution is -2.30. The number of nitrogens with one attached hydrogen (secondary N) is 1. The van der Waals surface area contributed by atoms with Crippen LogP contribution in [-0.4, -0.2) is 43.3 Å². The van der Waals surface area contributed by atoms with Gasteiger partial charge in [-0.1, -0.05) is 17.7 Å². The summed E-state index contributed by atoms with van der Waals surface area (Å²) in [5, 5.41) is 21.0. The lowest BCUT2D eigenvalue weighted by atomic mass is 9.80. The molecule has 0 unspecified atom stereocenters.